The van der Waals surface area contributed by atoms with Gasteiger partial charge in [-0.3, -0.25) is 52.7 Å². The number of carboxylic acids is 1. The summed E-state index contributed by atoms with van der Waals surface area (Å²) in [6.07, 6.45) is 2.14. The van der Waals surface area contributed by atoms with E-state index < -0.39 is 177 Å². The first-order valence-electron chi connectivity index (χ1n) is 25.1. The highest BCUT2D eigenvalue weighted by molar-refractivity contribution is 7.98. The van der Waals surface area contributed by atoms with Crippen molar-refractivity contribution in [3.63, 3.8) is 0 Å². The summed E-state index contributed by atoms with van der Waals surface area (Å²) in [6, 6.07) is -11.1. The summed E-state index contributed by atoms with van der Waals surface area (Å²) in [7, 11) is 0. The Hall–Kier alpha value is -6.13. The number of thioether (sulfide) groups is 1. The van der Waals surface area contributed by atoms with Gasteiger partial charge in [0.1, 0.15) is 48.3 Å². The maximum absolute atomic E-state index is 13.9. The van der Waals surface area contributed by atoms with Gasteiger partial charge in [-0.25, -0.2) is 4.79 Å². The molecule has 11 atom stereocenters. The molecule has 0 spiro atoms. The topological polar surface area (TPSA) is 444 Å². The third kappa shape index (κ3) is 26.4. The SMILES string of the molecule is [3H]CC([3H])(C)C[C@H](NC(=O)CNC(=O)[C@@H](NC(=O)[C@@H](NC(=O)[C@H](C)NC(=O)CNC(=O)[C@H](CCCCN)NC(=O)[C@H](CC(N)=O)NC(=O)[C@H](CO)NC(=O)CN)[C@@H](C)CC)[C@@H](C)CC)C(=O)N[C@@H](CCSC)C(=O)O. The maximum Gasteiger partial charge on any atom is 0.326 e. The van der Waals surface area contributed by atoms with E-state index in [9.17, 15) is 67.7 Å². The molecule has 27 nitrogen and oxygen atoms in total. The van der Waals surface area contributed by atoms with Gasteiger partial charge in [0, 0.05) is 2.74 Å². The van der Waals surface area contributed by atoms with Crippen LogP contribution in [0.25, 0.3) is 0 Å². The molecule has 0 aromatic carbocycles. The molecule has 73 heavy (non-hydrogen) atoms. The van der Waals surface area contributed by atoms with Crippen LogP contribution in [0.4, 0.5) is 0 Å². The fourth-order valence-corrected chi connectivity index (χ4v) is 7.06. The molecule has 0 aliphatic carbocycles. The second kappa shape index (κ2) is 35.9. The van der Waals surface area contributed by atoms with Gasteiger partial charge in [-0.05, 0) is 75.3 Å². The molecule has 0 fully saturated rings. The Labute approximate surface area is 433 Å². The number of nitrogens with one attached hydrogen (secondary N) is 10. The highest BCUT2D eigenvalue weighted by Gasteiger charge is 2.35. The minimum absolute atomic E-state index is 0.0236. The number of aliphatic hydroxyl groups is 1. The van der Waals surface area contributed by atoms with E-state index in [1.807, 2.05) is 0 Å². The summed E-state index contributed by atoms with van der Waals surface area (Å²) in [5.74, 6) is -13.4. The standard InChI is InChI=1S/C45H81N13O14S/c1-9-24(5)36(43(69)50-21-35(63)52-29(17-23(3)4)40(66)55-28(45(71)72)14-16-73-8)58-44(70)37(25(6)10-2)57-38(64)26(7)51-34(62)20-49-39(65)27(13-11-12-15-46)54-41(67)30(18-32(48)60)56-42(68)31(22-59)53-33(61)19-47/h23-31,36-37,59H,9-22,46-47H2,1-8H3,(H2,48,60)(H,49,65)(H,50,69)(H,51,62)(H,52,63)(H,53,61)(H,54,67)(H,55,66)(H,56,68)(H,57,64)(H,58,70)(H,71,72)/t24-,25-,26-,27-,28-,29-,30-,31-,36-,37-/m0/s1/i3T,23T/t23?,24-,25-,26-,27-,28-,29-,30-,31-,36-,37-. The van der Waals surface area contributed by atoms with Crippen molar-refractivity contribution in [3.8, 4) is 0 Å². The Morgan fingerprint density at radius 1 is 0.589 bits per heavy atom. The molecular weight excluding hydrogens is 979 g/mol. The molecule has 0 aromatic rings. The highest BCUT2D eigenvalue weighted by Crippen LogP contribution is 2.13. The Balaban J connectivity index is 5.99. The van der Waals surface area contributed by atoms with Crippen LogP contribution < -0.4 is 70.4 Å². The minimum Gasteiger partial charge on any atom is -0.480 e. The van der Waals surface area contributed by atoms with E-state index in [1.54, 1.807) is 34.0 Å². The van der Waals surface area contributed by atoms with Crippen LogP contribution in [0.1, 0.15) is 103 Å². The van der Waals surface area contributed by atoms with Crippen molar-refractivity contribution in [2.75, 3.05) is 44.8 Å². The number of aliphatic carboxylic acids is 1. The number of carbonyl (C=O) groups excluding carboxylic acids is 11. The number of carbonyl (C=O) groups is 12. The summed E-state index contributed by atoms with van der Waals surface area (Å²) in [6.45, 7) is 6.41. The summed E-state index contributed by atoms with van der Waals surface area (Å²) < 4.78 is 16.0. The zero-order valence-electron chi connectivity index (χ0n) is 44.8. The maximum atomic E-state index is 13.9. The molecule has 0 heterocycles. The zero-order valence-corrected chi connectivity index (χ0v) is 43.6. The van der Waals surface area contributed by atoms with Gasteiger partial charge in [-0.2, -0.15) is 11.8 Å². The number of amides is 11. The van der Waals surface area contributed by atoms with Crippen molar-refractivity contribution in [3.05, 3.63) is 0 Å². The molecule has 0 bridgehead atoms. The third-order valence-corrected chi connectivity index (χ3v) is 11.9. The molecule has 0 rings (SSSR count). The Bertz CT molecular complexity index is 1960. The largest absolute Gasteiger partial charge is 0.480 e. The number of hydrogen-bond acceptors (Lipinski definition) is 16. The van der Waals surface area contributed by atoms with Crippen molar-refractivity contribution in [1.29, 1.82) is 0 Å². The van der Waals surface area contributed by atoms with Crippen LogP contribution in [0, 0.1) is 17.7 Å². The minimum atomic E-state index is -1.67. The molecule has 0 aliphatic rings. The van der Waals surface area contributed by atoms with Crippen LogP contribution >= 0.6 is 11.8 Å². The van der Waals surface area contributed by atoms with Crippen LogP contribution in [0.3, 0.4) is 0 Å². The monoisotopic (exact) mass is 1060 g/mol. The molecule has 1 unspecified atom stereocenters. The van der Waals surface area contributed by atoms with E-state index in [0.717, 1.165) is 0 Å². The number of aliphatic hydroxyl groups excluding tert-OH is 1. The van der Waals surface area contributed by atoms with Crippen LogP contribution in [0.5, 0.6) is 0 Å². The molecule has 0 aromatic heterocycles. The van der Waals surface area contributed by atoms with Crippen LogP contribution in [-0.2, 0) is 57.5 Å². The predicted molar refractivity (Wildman–Crippen MR) is 269 cm³/mol. The summed E-state index contributed by atoms with van der Waals surface area (Å²) in [4.78, 5) is 155. The number of carboxylic acid groups (broad SMARTS) is 1. The quantitative estimate of drug-likeness (QED) is 0.0259. The van der Waals surface area contributed by atoms with Crippen molar-refractivity contribution >= 4 is 82.7 Å². The molecule has 11 amide bonds. The zero-order chi connectivity index (χ0) is 57.6. The van der Waals surface area contributed by atoms with Gasteiger partial charge in [0.25, 0.3) is 0 Å². The lowest BCUT2D eigenvalue weighted by Crippen LogP contribution is -2.60. The number of nitrogens with two attached hydrogens (primary N) is 3. The molecule has 0 aliphatic heterocycles. The second-order valence-corrected chi connectivity index (χ2v) is 18.5. The first-order chi connectivity index (χ1) is 35.1. The van der Waals surface area contributed by atoms with Crippen molar-refractivity contribution in [2.24, 2.45) is 34.9 Å². The van der Waals surface area contributed by atoms with E-state index in [0.29, 0.717) is 31.4 Å². The van der Waals surface area contributed by atoms with E-state index >= 15 is 0 Å². The van der Waals surface area contributed by atoms with Crippen molar-refractivity contribution < 1.29 is 70.5 Å². The third-order valence-electron chi connectivity index (χ3n) is 11.3. The molecule has 0 radical (unpaired) electrons. The number of rotatable bonds is 37. The van der Waals surface area contributed by atoms with E-state index in [-0.39, 0.29) is 25.8 Å². The lowest BCUT2D eigenvalue weighted by atomic mass is 9.94. The van der Waals surface area contributed by atoms with Crippen LogP contribution in [-0.4, -0.2) is 174 Å². The Morgan fingerprint density at radius 2 is 1.10 bits per heavy atom. The average molecular weight is 1060 g/mol. The second-order valence-electron chi connectivity index (χ2n) is 17.5. The first kappa shape index (κ1) is 63.0. The molecular formula is C45H81N13O14S. The van der Waals surface area contributed by atoms with Gasteiger partial charge >= 0.3 is 5.97 Å². The van der Waals surface area contributed by atoms with Gasteiger partial charge in [0.2, 0.25) is 65.0 Å². The van der Waals surface area contributed by atoms with E-state index in [4.69, 9.17) is 19.9 Å². The van der Waals surface area contributed by atoms with Gasteiger partial charge in [-0.15, -0.1) is 0 Å². The summed E-state index contributed by atoms with van der Waals surface area (Å²) >= 11 is 1.36. The molecule has 28 heteroatoms. The van der Waals surface area contributed by atoms with E-state index in [1.165, 1.54) is 25.6 Å². The van der Waals surface area contributed by atoms with Crippen molar-refractivity contribution in [2.45, 2.75) is 148 Å². The molecule has 0 saturated carbocycles. The van der Waals surface area contributed by atoms with Gasteiger partial charge in [-0.1, -0.05) is 54.4 Å². The molecule has 416 valence electrons. The van der Waals surface area contributed by atoms with E-state index in [2.05, 4.69) is 53.2 Å². The fourth-order valence-electron chi connectivity index (χ4n) is 6.58. The number of hydrogen-bond donors (Lipinski definition) is 15. The lowest BCUT2D eigenvalue weighted by molar-refractivity contribution is -0.142. The lowest BCUT2D eigenvalue weighted by Gasteiger charge is -2.29. The molecule has 0 saturated heterocycles. The first-order valence-corrected chi connectivity index (χ1v) is 25.3. The van der Waals surface area contributed by atoms with Crippen molar-refractivity contribution in [1.82, 2.24) is 53.2 Å². The van der Waals surface area contributed by atoms with Crippen LogP contribution in [0.15, 0.2) is 0 Å². The Morgan fingerprint density at radius 3 is 1.62 bits per heavy atom. The Kier molecular flexibility index (Phi) is 31.0. The van der Waals surface area contributed by atoms with Crippen LogP contribution in [0.2, 0.25) is 0 Å². The van der Waals surface area contributed by atoms with Gasteiger partial charge < -0.3 is 80.6 Å². The summed E-state index contributed by atoms with van der Waals surface area (Å²) in [5, 5.41) is 43.1. The average Bonchev–Trinajstić information content (AvgIpc) is 3.36. The number of primary amides is 1. The van der Waals surface area contributed by atoms with Gasteiger partial charge in [0.05, 0.1) is 32.7 Å². The molecule has 18 N–H and O–H groups in total. The predicted octanol–water partition coefficient (Wildman–Crippen LogP) is -4.95. The highest BCUT2D eigenvalue weighted by atomic mass is 32.2. The fraction of sp³-hybridized carbons (Fsp3) is 0.733. The smallest absolute Gasteiger partial charge is 0.326 e. The van der Waals surface area contributed by atoms with Gasteiger partial charge in [0.15, 0.2) is 0 Å². The number of unbranched alkanes of at least 4 members (excludes halogenated alkanes) is 1. The summed E-state index contributed by atoms with van der Waals surface area (Å²) in [5.41, 5.74) is 16.1. The normalized spacial score (nSPS) is 16.3.